The van der Waals surface area contributed by atoms with E-state index in [1.165, 1.54) is 18.2 Å². The SMILES string of the molecule is C=CCN1CCN(C(=O)c2cccc(F)c2)CC(Cc2ccc(-c3ccncc3)cc2)C1=O. The number of nitrogens with zero attached hydrogens (tertiary/aromatic N) is 3. The minimum absolute atomic E-state index is 0.00246. The van der Waals surface area contributed by atoms with Gasteiger partial charge in [0.05, 0.1) is 5.92 Å². The Morgan fingerprint density at radius 2 is 1.79 bits per heavy atom. The standard InChI is InChI=1S/C27H26FN3O2/c1-2-14-30-15-16-31(26(32)23-4-3-5-25(28)18-23)19-24(27(30)33)17-20-6-8-21(9-7-20)22-10-12-29-13-11-22/h2-13,18,24H,1,14-17,19H2. The summed E-state index contributed by atoms with van der Waals surface area (Å²) in [5, 5.41) is 0. The number of amides is 2. The zero-order valence-electron chi connectivity index (χ0n) is 18.4. The van der Waals surface area contributed by atoms with Crippen LogP contribution in [0.3, 0.4) is 0 Å². The average Bonchev–Trinajstić information content (AvgIpc) is 2.99. The largest absolute Gasteiger partial charge is 0.337 e. The lowest BCUT2D eigenvalue weighted by Gasteiger charge is -2.24. The monoisotopic (exact) mass is 443 g/mol. The van der Waals surface area contributed by atoms with Crippen LogP contribution in [0.1, 0.15) is 15.9 Å². The average molecular weight is 444 g/mol. The van der Waals surface area contributed by atoms with Crippen molar-refractivity contribution in [2.24, 2.45) is 5.92 Å². The summed E-state index contributed by atoms with van der Waals surface area (Å²) in [5.41, 5.74) is 3.46. The number of carbonyl (C=O) groups is 2. The van der Waals surface area contributed by atoms with Crippen molar-refractivity contribution in [2.45, 2.75) is 6.42 Å². The molecule has 168 valence electrons. The summed E-state index contributed by atoms with van der Waals surface area (Å²) in [5.74, 6) is -1.11. The molecule has 1 aromatic heterocycles. The van der Waals surface area contributed by atoms with Gasteiger partial charge in [0.1, 0.15) is 5.82 Å². The van der Waals surface area contributed by atoms with Gasteiger partial charge < -0.3 is 9.80 Å². The van der Waals surface area contributed by atoms with E-state index in [1.807, 2.05) is 36.4 Å². The van der Waals surface area contributed by atoms with Gasteiger partial charge in [-0.05, 0) is 53.4 Å². The van der Waals surface area contributed by atoms with E-state index in [0.29, 0.717) is 31.6 Å². The summed E-state index contributed by atoms with van der Waals surface area (Å²) in [6.07, 6.45) is 5.72. The van der Waals surface area contributed by atoms with E-state index in [2.05, 4.69) is 11.6 Å². The van der Waals surface area contributed by atoms with Crippen LogP contribution in [0.5, 0.6) is 0 Å². The molecule has 6 heteroatoms. The molecule has 2 aromatic carbocycles. The van der Waals surface area contributed by atoms with Gasteiger partial charge in [0.2, 0.25) is 5.91 Å². The fraction of sp³-hybridized carbons (Fsp3) is 0.222. The highest BCUT2D eigenvalue weighted by molar-refractivity contribution is 5.95. The molecule has 33 heavy (non-hydrogen) atoms. The first-order valence-corrected chi connectivity index (χ1v) is 11.0. The van der Waals surface area contributed by atoms with Crippen molar-refractivity contribution in [1.82, 2.24) is 14.8 Å². The van der Waals surface area contributed by atoms with E-state index in [0.717, 1.165) is 16.7 Å². The van der Waals surface area contributed by atoms with Gasteiger partial charge >= 0.3 is 0 Å². The lowest BCUT2D eigenvalue weighted by atomic mass is 9.95. The van der Waals surface area contributed by atoms with Crippen molar-refractivity contribution in [3.63, 3.8) is 0 Å². The fourth-order valence-corrected chi connectivity index (χ4v) is 4.18. The van der Waals surface area contributed by atoms with Crippen molar-refractivity contribution in [2.75, 3.05) is 26.2 Å². The van der Waals surface area contributed by atoms with Crippen LogP contribution in [0.25, 0.3) is 11.1 Å². The minimum Gasteiger partial charge on any atom is -0.337 e. The maximum Gasteiger partial charge on any atom is 0.254 e. The first-order chi connectivity index (χ1) is 16.0. The molecule has 0 saturated carbocycles. The Labute approximate surface area is 193 Å². The Bertz CT molecular complexity index is 1130. The second-order valence-corrected chi connectivity index (χ2v) is 8.17. The normalized spacial score (nSPS) is 16.4. The van der Waals surface area contributed by atoms with Crippen molar-refractivity contribution >= 4 is 11.8 Å². The molecule has 4 rings (SSSR count). The van der Waals surface area contributed by atoms with Crippen molar-refractivity contribution in [1.29, 1.82) is 0 Å². The first kappa shape index (κ1) is 22.4. The van der Waals surface area contributed by atoms with Gasteiger partial charge in [0, 0.05) is 44.1 Å². The van der Waals surface area contributed by atoms with E-state index in [9.17, 15) is 14.0 Å². The third-order valence-electron chi connectivity index (χ3n) is 5.90. The number of benzene rings is 2. The highest BCUT2D eigenvalue weighted by Crippen LogP contribution is 2.22. The number of hydrogen-bond acceptors (Lipinski definition) is 3. The van der Waals surface area contributed by atoms with Gasteiger partial charge in [-0.15, -0.1) is 6.58 Å². The number of pyridine rings is 1. The van der Waals surface area contributed by atoms with E-state index >= 15 is 0 Å². The Morgan fingerprint density at radius 3 is 2.48 bits per heavy atom. The Hall–Kier alpha value is -3.80. The molecule has 1 fully saturated rings. The van der Waals surface area contributed by atoms with Crippen LogP contribution in [-0.2, 0) is 11.2 Å². The highest BCUT2D eigenvalue weighted by Gasteiger charge is 2.32. The highest BCUT2D eigenvalue weighted by atomic mass is 19.1. The maximum atomic E-state index is 13.7. The summed E-state index contributed by atoms with van der Waals surface area (Å²) in [6, 6.07) is 17.7. The number of aromatic nitrogens is 1. The van der Waals surface area contributed by atoms with Crippen LogP contribution in [0.4, 0.5) is 4.39 Å². The summed E-state index contributed by atoms with van der Waals surface area (Å²) < 4.78 is 13.7. The summed E-state index contributed by atoms with van der Waals surface area (Å²) >= 11 is 0. The molecular weight excluding hydrogens is 417 g/mol. The van der Waals surface area contributed by atoms with Gasteiger partial charge in [0.15, 0.2) is 0 Å². The maximum absolute atomic E-state index is 13.7. The predicted molar refractivity (Wildman–Crippen MR) is 126 cm³/mol. The predicted octanol–water partition coefficient (Wildman–Crippen LogP) is 4.22. The molecule has 2 heterocycles. The van der Waals surface area contributed by atoms with Gasteiger partial charge in [0.25, 0.3) is 5.91 Å². The molecule has 1 aliphatic heterocycles. The van der Waals surface area contributed by atoms with E-state index in [1.54, 1.807) is 34.3 Å². The summed E-state index contributed by atoms with van der Waals surface area (Å²) in [6.45, 7) is 5.29. The third-order valence-corrected chi connectivity index (χ3v) is 5.90. The molecule has 1 unspecified atom stereocenters. The molecular formula is C27H26FN3O2. The van der Waals surface area contributed by atoms with Crippen LogP contribution >= 0.6 is 0 Å². The molecule has 0 aliphatic carbocycles. The van der Waals surface area contributed by atoms with Gasteiger partial charge in [-0.25, -0.2) is 4.39 Å². The second-order valence-electron chi connectivity index (χ2n) is 8.17. The van der Waals surface area contributed by atoms with E-state index < -0.39 is 11.7 Å². The van der Waals surface area contributed by atoms with Crippen molar-refractivity contribution < 1.29 is 14.0 Å². The molecule has 2 amide bonds. The topological polar surface area (TPSA) is 53.5 Å². The summed E-state index contributed by atoms with van der Waals surface area (Å²) in [4.78, 5) is 33.8. The van der Waals surface area contributed by atoms with Gasteiger partial charge in [-0.3, -0.25) is 14.6 Å². The molecule has 1 saturated heterocycles. The molecule has 5 nitrogen and oxygen atoms in total. The lowest BCUT2D eigenvalue weighted by Crippen LogP contribution is -2.38. The fourth-order valence-electron chi connectivity index (χ4n) is 4.18. The number of rotatable bonds is 6. The molecule has 0 radical (unpaired) electrons. The second kappa shape index (κ2) is 10.2. The minimum atomic E-state index is -0.453. The Morgan fingerprint density at radius 1 is 1.06 bits per heavy atom. The van der Waals surface area contributed by atoms with Crippen LogP contribution in [0.15, 0.2) is 85.7 Å². The number of hydrogen-bond donors (Lipinski definition) is 0. The van der Waals surface area contributed by atoms with Gasteiger partial charge in [-0.1, -0.05) is 36.4 Å². The van der Waals surface area contributed by atoms with Gasteiger partial charge in [-0.2, -0.15) is 0 Å². The molecule has 0 N–H and O–H groups in total. The van der Waals surface area contributed by atoms with Crippen LogP contribution in [0, 0.1) is 11.7 Å². The van der Waals surface area contributed by atoms with Crippen molar-refractivity contribution in [3.05, 3.63) is 103 Å². The van der Waals surface area contributed by atoms with Crippen LogP contribution in [-0.4, -0.2) is 52.8 Å². The summed E-state index contributed by atoms with van der Waals surface area (Å²) in [7, 11) is 0. The Balaban J connectivity index is 1.55. The van der Waals surface area contributed by atoms with E-state index in [4.69, 9.17) is 0 Å². The van der Waals surface area contributed by atoms with Crippen molar-refractivity contribution in [3.8, 4) is 11.1 Å². The van der Waals surface area contributed by atoms with E-state index in [-0.39, 0.29) is 18.4 Å². The smallest absolute Gasteiger partial charge is 0.254 e. The molecule has 3 aromatic rings. The zero-order valence-corrected chi connectivity index (χ0v) is 18.4. The quantitative estimate of drug-likeness (QED) is 0.536. The number of halogens is 1. The molecule has 1 atom stereocenters. The first-order valence-electron chi connectivity index (χ1n) is 11.0. The van der Waals surface area contributed by atoms with Crippen LogP contribution in [0.2, 0.25) is 0 Å². The Kier molecular flexibility index (Phi) is 6.93. The number of carbonyl (C=O) groups excluding carboxylic acids is 2. The van der Waals surface area contributed by atoms with Crippen LogP contribution < -0.4 is 0 Å². The third kappa shape index (κ3) is 5.34. The molecule has 0 bridgehead atoms. The molecule has 1 aliphatic rings. The lowest BCUT2D eigenvalue weighted by molar-refractivity contribution is -0.134. The molecule has 0 spiro atoms. The zero-order chi connectivity index (χ0) is 23.2.